The molecule has 0 spiro atoms. The predicted octanol–water partition coefficient (Wildman–Crippen LogP) is 7.42. The molecule has 158 valence electrons. The lowest BCUT2D eigenvalue weighted by atomic mass is 10.2. The first-order valence-electron chi connectivity index (χ1n) is 8.22. The molecule has 0 aliphatic rings. The Kier molecular flexibility index (Phi) is 8.38. The molecule has 0 atom stereocenters. The zero-order valence-electron chi connectivity index (χ0n) is 15.1. The molecule has 3 aromatic rings. The number of nitrogens with one attached hydrogen (secondary N) is 1. The first-order chi connectivity index (χ1) is 14.3. The Labute approximate surface area is 206 Å². The van der Waals surface area contributed by atoms with E-state index in [-0.39, 0.29) is 37.5 Å². The zero-order chi connectivity index (χ0) is 21.8. The second-order valence-electron chi connectivity index (χ2n) is 5.88. The van der Waals surface area contributed by atoms with Crippen molar-refractivity contribution in [3.63, 3.8) is 0 Å². The molecule has 0 saturated heterocycles. The summed E-state index contributed by atoms with van der Waals surface area (Å²) in [5.41, 5.74) is 2.38. The van der Waals surface area contributed by atoms with E-state index in [1.165, 1.54) is 34.2 Å². The maximum absolute atomic E-state index is 12.2. The SMILES string of the molecule is Cc1ccc(CSc2nnc(NC(=O)COc3c(Cl)c(Cl)c(Cl)c(Cl)c3Cl)s2)cc1. The molecule has 0 aliphatic heterocycles. The van der Waals surface area contributed by atoms with Crippen molar-refractivity contribution in [2.45, 2.75) is 17.0 Å². The predicted molar refractivity (Wildman–Crippen MR) is 126 cm³/mol. The molecule has 1 heterocycles. The normalized spacial score (nSPS) is 10.9. The summed E-state index contributed by atoms with van der Waals surface area (Å²) >= 11 is 32.8. The molecule has 0 aliphatic carbocycles. The summed E-state index contributed by atoms with van der Waals surface area (Å²) in [4.78, 5) is 12.2. The number of carbonyl (C=O) groups is 1. The molecule has 0 unspecified atom stereocenters. The van der Waals surface area contributed by atoms with Gasteiger partial charge in [-0.2, -0.15) is 0 Å². The van der Waals surface area contributed by atoms with E-state index in [9.17, 15) is 4.79 Å². The molecular formula is C18H12Cl5N3O2S2. The van der Waals surface area contributed by atoms with E-state index in [4.69, 9.17) is 62.7 Å². The van der Waals surface area contributed by atoms with Crippen molar-refractivity contribution in [1.29, 1.82) is 0 Å². The lowest BCUT2D eigenvalue weighted by molar-refractivity contribution is -0.118. The van der Waals surface area contributed by atoms with Gasteiger partial charge < -0.3 is 4.74 Å². The van der Waals surface area contributed by atoms with E-state index in [0.717, 1.165) is 10.1 Å². The topological polar surface area (TPSA) is 64.1 Å². The molecule has 0 bridgehead atoms. The second kappa shape index (κ2) is 10.6. The van der Waals surface area contributed by atoms with Gasteiger partial charge in [0.05, 0.1) is 15.1 Å². The fourth-order valence-corrected chi connectivity index (χ4v) is 5.11. The fourth-order valence-electron chi connectivity index (χ4n) is 2.15. The lowest BCUT2D eigenvalue weighted by Crippen LogP contribution is -2.20. The van der Waals surface area contributed by atoms with Gasteiger partial charge in [0.1, 0.15) is 10.0 Å². The molecule has 2 aromatic carbocycles. The van der Waals surface area contributed by atoms with Gasteiger partial charge in [-0.25, -0.2) is 0 Å². The smallest absolute Gasteiger partial charge is 0.264 e. The number of aryl methyl sites for hydroxylation is 1. The van der Waals surface area contributed by atoms with E-state index >= 15 is 0 Å². The Morgan fingerprint density at radius 1 is 1.00 bits per heavy atom. The number of carbonyl (C=O) groups excluding carboxylic acids is 1. The highest BCUT2D eigenvalue weighted by Gasteiger charge is 2.21. The highest BCUT2D eigenvalue weighted by Crippen LogP contribution is 2.48. The Hall–Kier alpha value is -0.930. The molecule has 1 aromatic heterocycles. The van der Waals surface area contributed by atoms with E-state index in [0.29, 0.717) is 5.13 Å². The number of ether oxygens (including phenoxy) is 1. The lowest BCUT2D eigenvalue weighted by Gasteiger charge is -2.13. The van der Waals surface area contributed by atoms with Gasteiger partial charge in [-0.15, -0.1) is 10.2 Å². The number of thioether (sulfide) groups is 1. The van der Waals surface area contributed by atoms with Gasteiger partial charge in [0.2, 0.25) is 5.13 Å². The summed E-state index contributed by atoms with van der Waals surface area (Å²) in [7, 11) is 0. The highest BCUT2D eigenvalue weighted by atomic mass is 35.5. The van der Waals surface area contributed by atoms with E-state index < -0.39 is 5.91 Å². The average molecular weight is 544 g/mol. The summed E-state index contributed by atoms with van der Waals surface area (Å²) in [5.74, 6) is 0.246. The largest absolute Gasteiger partial charge is 0.481 e. The third-order valence-electron chi connectivity index (χ3n) is 3.65. The van der Waals surface area contributed by atoms with Gasteiger partial charge in [0.25, 0.3) is 5.91 Å². The minimum Gasteiger partial charge on any atom is -0.481 e. The van der Waals surface area contributed by atoms with Crippen LogP contribution in [0.4, 0.5) is 5.13 Å². The van der Waals surface area contributed by atoms with Gasteiger partial charge >= 0.3 is 0 Å². The van der Waals surface area contributed by atoms with Crippen LogP contribution in [0.15, 0.2) is 28.6 Å². The summed E-state index contributed by atoms with van der Waals surface area (Å²) in [6, 6.07) is 8.24. The summed E-state index contributed by atoms with van der Waals surface area (Å²) < 4.78 is 6.12. The Morgan fingerprint density at radius 2 is 1.60 bits per heavy atom. The second-order valence-corrected chi connectivity index (χ2v) is 9.97. The van der Waals surface area contributed by atoms with Gasteiger partial charge in [-0.1, -0.05) is 111 Å². The Bertz CT molecular complexity index is 1050. The van der Waals surface area contributed by atoms with Crippen LogP contribution in [-0.4, -0.2) is 22.7 Å². The molecule has 5 nitrogen and oxygen atoms in total. The molecule has 1 amide bonds. The average Bonchev–Trinajstić information content (AvgIpc) is 3.17. The van der Waals surface area contributed by atoms with Crippen LogP contribution >= 0.6 is 81.1 Å². The molecule has 1 N–H and O–H groups in total. The van der Waals surface area contributed by atoms with E-state index in [1.54, 1.807) is 0 Å². The van der Waals surface area contributed by atoms with Gasteiger partial charge in [-0.05, 0) is 12.5 Å². The third-order valence-corrected chi connectivity index (χ3v) is 7.94. The molecule has 0 fully saturated rings. The van der Waals surface area contributed by atoms with Crippen molar-refractivity contribution >= 4 is 92.1 Å². The van der Waals surface area contributed by atoms with Crippen molar-refractivity contribution in [2.24, 2.45) is 0 Å². The number of halogens is 5. The molecule has 12 heteroatoms. The minimum absolute atomic E-state index is 0.00895. The van der Waals surface area contributed by atoms with Crippen LogP contribution in [0.5, 0.6) is 5.75 Å². The van der Waals surface area contributed by atoms with Crippen LogP contribution in [0, 0.1) is 6.92 Å². The number of hydrogen-bond donors (Lipinski definition) is 1. The van der Waals surface area contributed by atoms with Crippen molar-refractivity contribution in [2.75, 3.05) is 11.9 Å². The Morgan fingerprint density at radius 3 is 2.23 bits per heavy atom. The minimum atomic E-state index is -0.476. The number of rotatable bonds is 7. The van der Waals surface area contributed by atoms with Crippen molar-refractivity contribution < 1.29 is 9.53 Å². The summed E-state index contributed by atoms with van der Waals surface area (Å²) in [5, 5.41) is 10.9. The summed E-state index contributed by atoms with van der Waals surface area (Å²) in [6.45, 7) is 1.65. The molecular weight excluding hydrogens is 532 g/mol. The Balaban J connectivity index is 1.55. The van der Waals surface area contributed by atoms with Crippen LogP contribution in [-0.2, 0) is 10.5 Å². The molecule has 3 rings (SSSR count). The number of nitrogens with zero attached hydrogens (tertiary/aromatic N) is 2. The van der Waals surface area contributed by atoms with Crippen LogP contribution in [0.2, 0.25) is 25.1 Å². The summed E-state index contributed by atoms with van der Waals surface area (Å²) in [6.07, 6.45) is 0. The number of aromatic nitrogens is 2. The highest BCUT2D eigenvalue weighted by molar-refractivity contribution is 8.00. The number of anilines is 1. The van der Waals surface area contributed by atoms with Crippen molar-refractivity contribution in [3.8, 4) is 5.75 Å². The van der Waals surface area contributed by atoms with Crippen LogP contribution in [0.3, 0.4) is 0 Å². The first kappa shape index (κ1) is 23.7. The standard InChI is InChI=1S/C18H12Cl5N3O2S2/c1-8-2-4-9(5-3-8)7-29-18-26-25-17(30-18)24-10(27)6-28-16-14(22)12(20)11(19)13(21)15(16)23/h2-5H,6-7H2,1H3,(H,24,25,27). The van der Waals surface area contributed by atoms with Crippen molar-refractivity contribution in [1.82, 2.24) is 10.2 Å². The van der Waals surface area contributed by atoms with Gasteiger partial charge in [0, 0.05) is 5.75 Å². The third kappa shape index (κ3) is 5.85. The molecule has 0 radical (unpaired) electrons. The number of hydrogen-bond acceptors (Lipinski definition) is 6. The van der Waals surface area contributed by atoms with Gasteiger partial charge in [-0.3, -0.25) is 10.1 Å². The number of benzene rings is 2. The van der Waals surface area contributed by atoms with Gasteiger partial charge in [0.15, 0.2) is 16.7 Å². The van der Waals surface area contributed by atoms with Crippen LogP contribution in [0.1, 0.15) is 11.1 Å². The van der Waals surface area contributed by atoms with Crippen LogP contribution < -0.4 is 10.1 Å². The maximum atomic E-state index is 12.2. The first-order valence-corrected chi connectivity index (χ1v) is 11.9. The zero-order valence-corrected chi connectivity index (χ0v) is 20.6. The fraction of sp³-hybridized carbons (Fsp3) is 0.167. The van der Waals surface area contributed by atoms with E-state index in [2.05, 4.69) is 39.8 Å². The van der Waals surface area contributed by atoms with E-state index in [1.807, 2.05) is 6.92 Å². The monoisotopic (exact) mass is 541 g/mol. The maximum Gasteiger partial charge on any atom is 0.264 e. The van der Waals surface area contributed by atoms with Crippen molar-refractivity contribution in [3.05, 3.63) is 60.5 Å². The van der Waals surface area contributed by atoms with Crippen LogP contribution in [0.25, 0.3) is 0 Å². The quantitative estimate of drug-likeness (QED) is 0.145. The molecule has 0 saturated carbocycles. The number of amides is 1. The molecule has 30 heavy (non-hydrogen) atoms.